The number of benzene rings is 1. The first-order valence-corrected chi connectivity index (χ1v) is 8.20. The van der Waals surface area contributed by atoms with Crippen molar-refractivity contribution in [3.05, 3.63) is 27.7 Å². The molecule has 1 saturated heterocycles. The van der Waals surface area contributed by atoms with Crippen LogP contribution in [0.25, 0.3) is 0 Å². The second kappa shape index (κ2) is 5.75. The summed E-state index contributed by atoms with van der Waals surface area (Å²) in [5, 5.41) is 5.08. The molecule has 4 heteroatoms. The van der Waals surface area contributed by atoms with E-state index in [-0.39, 0.29) is 5.60 Å². The van der Waals surface area contributed by atoms with Gasteiger partial charge in [0.25, 0.3) is 0 Å². The van der Waals surface area contributed by atoms with Gasteiger partial charge in [-0.3, -0.25) is 0 Å². The number of ether oxygens (including phenoxy) is 1. The van der Waals surface area contributed by atoms with E-state index >= 15 is 0 Å². The van der Waals surface area contributed by atoms with Crippen LogP contribution in [0.15, 0.2) is 12.1 Å². The standard InChI is InChI=1S/C16H21Cl2NO/c1-11-8-14(18)15(9-13(11)17)19-12-4-7-20-16(10-12)5-2-3-6-16/h8-9,12,19H,2-7,10H2,1H3. The van der Waals surface area contributed by atoms with Crippen molar-refractivity contribution in [2.24, 2.45) is 0 Å². The Kier molecular flexibility index (Phi) is 4.16. The predicted octanol–water partition coefficient (Wildman–Crippen LogP) is 5.21. The first-order chi connectivity index (χ1) is 9.58. The van der Waals surface area contributed by atoms with E-state index in [1.165, 1.54) is 25.7 Å². The molecular formula is C16H21Cl2NO. The Bertz CT molecular complexity index is 497. The van der Waals surface area contributed by atoms with Crippen molar-refractivity contribution < 1.29 is 4.74 Å². The van der Waals surface area contributed by atoms with Crippen molar-refractivity contribution >= 4 is 28.9 Å². The summed E-state index contributed by atoms with van der Waals surface area (Å²) in [6.45, 7) is 2.81. The number of hydrogen-bond acceptors (Lipinski definition) is 2. The van der Waals surface area contributed by atoms with E-state index < -0.39 is 0 Å². The molecule has 1 atom stereocenters. The molecule has 1 aliphatic heterocycles. The van der Waals surface area contributed by atoms with Gasteiger partial charge in [-0.2, -0.15) is 0 Å². The van der Waals surface area contributed by atoms with Crippen LogP contribution < -0.4 is 5.32 Å². The molecule has 1 aromatic rings. The van der Waals surface area contributed by atoms with E-state index in [4.69, 9.17) is 27.9 Å². The lowest BCUT2D eigenvalue weighted by atomic mass is 9.89. The fourth-order valence-electron chi connectivity index (χ4n) is 3.50. The van der Waals surface area contributed by atoms with Crippen molar-refractivity contribution in [1.29, 1.82) is 0 Å². The molecule has 1 unspecified atom stereocenters. The van der Waals surface area contributed by atoms with E-state index in [1.807, 2.05) is 19.1 Å². The van der Waals surface area contributed by atoms with Gasteiger partial charge in [0.2, 0.25) is 0 Å². The van der Waals surface area contributed by atoms with Gasteiger partial charge in [0, 0.05) is 17.7 Å². The van der Waals surface area contributed by atoms with Gasteiger partial charge in [-0.1, -0.05) is 36.0 Å². The van der Waals surface area contributed by atoms with Gasteiger partial charge in [0.1, 0.15) is 0 Å². The van der Waals surface area contributed by atoms with Gasteiger partial charge in [-0.25, -0.2) is 0 Å². The Morgan fingerprint density at radius 3 is 2.70 bits per heavy atom. The molecule has 1 aliphatic carbocycles. The van der Waals surface area contributed by atoms with Gasteiger partial charge in [-0.15, -0.1) is 0 Å². The number of nitrogens with one attached hydrogen (secondary N) is 1. The molecule has 1 N–H and O–H groups in total. The SMILES string of the molecule is Cc1cc(Cl)c(NC2CCOC3(CCCC3)C2)cc1Cl. The van der Waals surface area contributed by atoms with Gasteiger partial charge >= 0.3 is 0 Å². The minimum absolute atomic E-state index is 0.122. The third-order valence-corrected chi connectivity index (χ3v) is 5.34. The summed E-state index contributed by atoms with van der Waals surface area (Å²) in [4.78, 5) is 0. The summed E-state index contributed by atoms with van der Waals surface area (Å²) < 4.78 is 6.07. The summed E-state index contributed by atoms with van der Waals surface area (Å²) in [5.74, 6) is 0. The highest BCUT2D eigenvalue weighted by Gasteiger charge is 2.39. The lowest BCUT2D eigenvalue weighted by molar-refractivity contribution is -0.0767. The Balaban J connectivity index is 1.73. The Morgan fingerprint density at radius 1 is 1.20 bits per heavy atom. The molecule has 2 aliphatic rings. The smallest absolute Gasteiger partial charge is 0.0702 e. The van der Waals surface area contributed by atoms with Crippen molar-refractivity contribution in [3.8, 4) is 0 Å². The molecule has 110 valence electrons. The largest absolute Gasteiger partial charge is 0.381 e. The van der Waals surface area contributed by atoms with Crippen LogP contribution in [0.2, 0.25) is 10.0 Å². The van der Waals surface area contributed by atoms with Gasteiger partial charge in [-0.05, 0) is 50.3 Å². The molecule has 3 rings (SSSR count). The first-order valence-electron chi connectivity index (χ1n) is 7.44. The minimum Gasteiger partial charge on any atom is -0.381 e. The average Bonchev–Trinajstić information content (AvgIpc) is 2.84. The zero-order chi connectivity index (χ0) is 14.2. The molecule has 2 nitrogen and oxygen atoms in total. The van der Waals surface area contributed by atoms with Crippen LogP contribution in [-0.4, -0.2) is 18.2 Å². The highest BCUT2D eigenvalue weighted by molar-refractivity contribution is 6.35. The van der Waals surface area contributed by atoms with Crippen LogP contribution in [0.4, 0.5) is 5.69 Å². The Hall–Kier alpha value is -0.440. The molecule has 1 heterocycles. The van der Waals surface area contributed by atoms with Crippen LogP contribution >= 0.6 is 23.2 Å². The van der Waals surface area contributed by atoms with Gasteiger partial charge in [0.15, 0.2) is 0 Å². The van der Waals surface area contributed by atoms with Crippen LogP contribution in [0.5, 0.6) is 0 Å². The number of aryl methyl sites for hydroxylation is 1. The Labute approximate surface area is 130 Å². The fourth-order valence-corrected chi connectivity index (χ4v) is 3.93. The van der Waals surface area contributed by atoms with E-state index in [9.17, 15) is 0 Å². The molecule has 1 saturated carbocycles. The molecule has 1 spiro atoms. The summed E-state index contributed by atoms with van der Waals surface area (Å²) in [6.07, 6.45) is 7.10. The normalized spacial score (nSPS) is 25.1. The van der Waals surface area contributed by atoms with Crippen LogP contribution in [0.3, 0.4) is 0 Å². The number of rotatable bonds is 2. The maximum atomic E-state index is 6.32. The van der Waals surface area contributed by atoms with Crippen LogP contribution in [-0.2, 0) is 4.74 Å². The van der Waals surface area contributed by atoms with Gasteiger partial charge in [0.05, 0.1) is 16.3 Å². The van der Waals surface area contributed by atoms with E-state index in [1.54, 1.807) is 0 Å². The summed E-state index contributed by atoms with van der Waals surface area (Å²) in [6, 6.07) is 4.30. The topological polar surface area (TPSA) is 21.3 Å². The average molecular weight is 314 g/mol. The van der Waals surface area contributed by atoms with E-state index in [0.717, 1.165) is 40.7 Å². The van der Waals surface area contributed by atoms with Crippen molar-refractivity contribution in [1.82, 2.24) is 0 Å². The number of anilines is 1. The molecule has 20 heavy (non-hydrogen) atoms. The first kappa shape index (κ1) is 14.5. The maximum Gasteiger partial charge on any atom is 0.0702 e. The van der Waals surface area contributed by atoms with Gasteiger partial charge < -0.3 is 10.1 Å². The summed E-state index contributed by atoms with van der Waals surface area (Å²) in [5.41, 5.74) is 2.08. The highest BCUT2D eigenvalue weighted by atomic mass is 35.5. The monoisotopic (exact) mass is 313 g/mol. The van der Waals surface area contributed by atoms with Crippen LogP contribution in [0, 0.1) is 6.92 Å². The lowest BCUT2D eigenvalue weighted by Crippen LogP contribution is -2.42. The third-order valence-electron chi connectivity index (χ3n) is 4.62. The highest BCUT2D eigenvalue weighted by Crippen LogP contribution is 2.41. The quantitative estimate of drug-likeness (QED) is 0.809. The molecule has 0 radical (unpaired) electrons. The lowest BCUT2D eigenvalue weighted by Gasteiger charge is -2.39. The fraction of sp³-hybridized carbons (Fsp3) is 0.625. The number of hydrogen-bond donors (Lipinski definition) is 1. The second-order valence-electron chi connectivity index (χ2n) is 6.15. The van der Waals surface area contributed by atoms with Crippen molar-refractivity contribution in [2.45, 2.75) is 57.1 Å². The third kappa shape index (κ3) is 2.93. The van der Waals surface area contributed by atoms with E-state index in [2.05, 4.69) is 5.32 Å². The van der Waals surface area contributed by atoms with E-state index in [0.29, 0.717) is 6.04 Å². The predicted molar refractivity (Wildman–Crippen MR) is 85.0 cm³/mol. The molecule has 0 aromatic heterocycles. The molecule has 0 bridgehead atoms. The maximum absolute atomic E-state index is 6.32. The zero-order valence-electron chi connectivity index (χ0n) is 11.8. The minimum atomic E-state index is 0.122. The van der Waals surface area contributed by atoms with Crippen molar-refractivity contribution in [2.75, 3.05) is 11.9 Å². The van der Waals surface area contributed by atoms with Crippen LogP contribution in [0.1, 0.15) is 44.1 Å². The second-order valence-corrected chi connectivity index (χ2v) is 6.97. The molecule has 2 fully saturated rings. The summed E-state index contributed by atoms with van der Waals surface area (Å²) in [7, 11) is 0. The summed E-state index contributed by atoms with van der Waals surface area (Å²) >= 11 is 12.5. The Morgan fingerprint density at radius 2 is 1.95 bits per heavy atom. The molecule has 0 amide bonds. The zero-order valence-corrected chi connectivity index (χ0v) is 13.4. The number of halogens is 2. The molecular weight excluding hydrogens is 293 g/mol. The molecule has 1 aromatic carbocycles. The van der Waals surface area contributed by atoms with Crippen molar-refractivity contribution in [3.63, 3.8) is 0 Å².